The molecule has 0 aliphatic heterocycles. The van der Waals surface area contributed by atoms with Crippen LogP contribution >= 0.6 is 0 Å². The van der Waals surface area contributed by atoms with Gasteiger partial charge in [0.2, 0.25) is 0 Å². The number of hydrogen-bond donors (Lipinski definition) is 1. The van der Waals surface area contributed by atoms with Gasteiger partial charge in [0.05, 0.1) is 6.61 Å². The highest BCUT2D eigenvalue weighted by Gasteiger charge is 2.45. The third-order valence-corrected chi connectivity index (χ3v) is 3.22. The summed E-state index contributed by atoms with van der Waals surface area (Å²) < 4.78 is 10.2. The summed E-state index contributed by atoms with van der Waals surface area (Å²) in [4.78, 5) is 2.47. The molecule has 1 saturated carbocycles. The average Bonchev–Trinajstić information content (AvgIpc) is 3.04. The molecule has 0 aromatic carbocycles. The van der Waals surface area contributed by atoms with Gasteiger partial charge in [0.25, 0.3) is 0 Å². The van der Waals surface area contributed by atoms with E-state index in [-0.39, 0.29) is 5.54 Å². The van der Waals surface area contributed by atoms with Crippen molar-refractivity contribution >= 4 is 0 Å². The van der Waals surface area contributed by atoms with Gasteiger partial charge >= 0.3 is 0 Å². The minimum atomic E-state index is 0.284. The highest BCUT2D eigenvalue weighted by atomic mass is 16.5. The Labute approximate surface area is 92.7 Å². The molecule has 0 aromatic rings. The molecule has 1 aliphatic carbocycles. The highest BCUT2D eigenvalue weighted by Crippen LogP contribution is 2.40. The van der Waals surface area contributed by atoms with Crippen LogP contribution in [-0.2, 0) is 9.47 Å². The Hall–Kier alpha value is -0.160. The maximum atomic E-state index is 5.83. The van der Waals surface area contributed by atoms with E-state index in [1.165, 1.54) is 12.8 Å². The van der Waals surface area contributed by atoms with E-state index in [0.29, 0.717) is 0 Å². The van der Waals surface area contributed by atoms with Gasteiger partial charge in [-0.05, 0) is 19.3 Å². The Morgan fingerprint density at radius 3 is 2.27 bits per heavy atom. The van der Waals surface area contributed by atoms with E-state index < -0.39 is 0 Å². The van der Waals surface area contributed by atoms with Crippen molar-refractivity contribution in [2.45, 2.75) is 24.8 Å². The van der Waals surface area contributed by atoms with E-state index in [9.17, 15) is 0 Å². The van der Waals surface area contributed by atoms with Gasteiger partial charge in [-0.25, -0.2) is 0 Å². The van der Waals surface area contributed by atoms with E-state index in [4.69, 9.17) is 15.2 Å². The van der Waals surface area contributed by atoms with Crippen LogP contribution in [0, 0.1) is 0 Å². The number of nitrogens with zero attached hydrogens (tertiary/aromatic N) is 1. The minimum Gasteiger partial charge on any atom is -0.385 e. The second-order valence-electron chi connectivity index (χ2n) is 4.25. The largest absolute Gasteiger partial charge is 0.385 e. The Morgan fingerprint density at radius 2 is 1.80 bits per heavy atom. The molecular weight excluding hydrogens is 192 g/mol. The molecule has 0 amide bonds. The summed E-state index contributed by atoms with van der Waals surface area (Å²) in [7, 11) is 3.49. The quantitative estimate of drug-likeness (QED) is 0.569. The lowest BCUT2D eigenvalue weighted by Gasteiger charge is -2.30. The molecule has 1 rings (SSSR count). The van der Waals surface area contributed by atoms with Crippen LogP contribution in [0.3, 0.4) is 0 Å². The molecule has 0 unspecified atom stereocenters. The Morgan fingerprint density at radius 1 is 1.13 bits per heavy atom. The van der Waals surface area contributed by atoms with E-state index in [1.807, 2.05) is 0 Å². The second-order valence-corrected chi connectivity index (χ2v) is 4.25. The first-order valence-corrected chi connectivity index (χ1v) is 5.72. The standard InChI is InChI=1S/C11H24N2O2/c1-14-8-3-6-13(7-9-15-2)11(10-12)4-5-11/h3-10,12H2,1-2H3. The predicted octanol–water partition coefficient (Wildman–Crippen LogP) is 0.463. The van der Waals surface area contributed by atoms with Crippen molar-refractivity contribution < 1.29 is 9.47 Å². The van der Waals surface area contributed by atoms with E-state index in [0.717, 1.165) is 39.3 Å². The SMILES string of the molecule is COCCCN(CCOC)C1(CN)CC1. The first kappa shape index (κ1) is 12.9. The smallest absolute Gasteiger partial charge is 0.0589 e. The summed E-state index contributed by atoms with van der Waals surface area (Å²) in [6.07, 6.45) is 3.54. The molecule has 4 nitrogen and oxygen atoms in total. The average molecular weight is 216 g/mol. The van der Waals surface area contributed by atoms with Crippen molar-refractivity contribution in [2.75, 3.05) is 47.1 Å². The first-order chi connectivity index (χ1) is 7.29. The molecule has 0 heterocycles. The molecule has 0 atom stereocenters. The minimum absolute atomic E-state index is 0.284. The van der Waals surface area contributed by atoms with Gasteiger partial charge in [0.15, 0.2) is 0 Å². The third-order valence-electron chi connectivity index (χ3n) is 3.22. The molecule has 0 saturated heterocycles. The van der Waals surface area contributed by atoms with Gasteiger partial charge in [-0.3, -0.25) is 4.90 Å². The zero-order chi connectivity index (χ0) is 11.1. The summed E-state index contributed by atoms with van der Waals surface area (Å²) in [5.41, 5.74) is 6.12. The number of nitrogens with two attached hydrogens (primary N) is 1. The van der Waals surface area contributed by atoms with Crippen LogP contribution in [-0.4, -0.2) is 57.5 Å². The molecule has 0 aromatic heterocycles. The van der Waals surface area contributed by atoms with Crippen molar-refractivity contribution in [2.24, 2.45) is 5.73 Å². The van der Waals surface area contributed by atoms with Crippen LogP contribution in [0.5, 0.6) is 0 Å². The third kappa shape index (κ3) is 3.72. The van der Waals surface area contributed by atoms with Crippen LogP contribution in [0.4, 0.5) is 0 Å². The number of hydrogen-bond acceptors (Lipinski definition) is 4. The monoisotopic (exact) mass is 216 g/mol. The molecule has 15 heavy (non-hydrogen) atoms. The van der Waals surface area contributed by atoms with Gasteiger partial charge in [0.1, 0.15) is 0 Å². The lowest BCUT2D eigenvalue weighted by Crippen LogP contribution is -2.45. The Balaban J connectivity index is 2.32. The molecule has 2 N–H and O–H groups in total. The molecular formula is C11H24N2O2. The topological polar surface area (TPSA) is 47.7 Å². The second kappa shape index (κ2) is 6.43. The first-order valence-electron chi connectivity index (χ1n) is 5.72. The van der Waals surface area contributed by atoms with Gasteiger partial charge in [-0.1, -0.05) is 0 Å². The molecule has 1 fully saturated rings. The summed E-state index contributed by atoms with van der Waals surface area (Å²) in [5, 5.41) is 0. The van der Waals surface area contributed by atoms with Gasteiger partial charge in [-0.2, -0.15) is 0 Å². The fourth-order valence-electron chi connectivity index (χ4n) is 1.98. The zero-order valence-electron chi connectivity index (χ0n) is 10.00. The van der Waals surface area contributed by atoms with Gasteiger partial charge < -0.3 is 15.2 Å². The van der Waals surface area contributed by atoms with Crippen LogP contribution in [0.1, 0.15) is 19.3 Å². The van der Waals surface area contributed by atoms with Gasteiger partial charge in [0, 0.05) is 46.0 Å². The number of ether oxygens (including phenoxy) is 2. The van der Waals surface area contributed by atoms with E-state index >= 15 is 0 Å². The fraction of sp³-hybridized carbons (Fsp3) is 1.00. The molecule has 4 heteroatoms. The maximum Gasteiger partial charge on any atom is 0.0589 e. The Kier molecular flexibility index (Phi) is 5.53. The van der Waals surface area contributed by atoms with Crippen molar-refractivity contribution in [3.05, 3.63) is 0 Å². The molecule has 0 radical (unpaired) electrons. The van der Waals surface area contributed by atoms with Crippen molar-refractivity contribution in [3.8, 4) is 0 Å². The number of rotatable bonds is 9. The van der Waals surface area contributed by atoms with Crippen molar-refractivity contribution in [3.63, 3.8) is 0 Å². The van der Waals surface area contributed by atoms with Crippen LogP contribution in [0.2, 0.25) is 0 Å². The summed E-state index contributed by atoms with van der Waals surface area (Å²) in [5.74, 6) is 0. The summed E-state index contributed by atoms with van der Waals surface area (Å²) >= 11 is 0. The molecule has 1 aliphatic rings. The zero-order valence-corrected chi connectivity index (χ0v) is 10.00. The molecule has 0 bridgehead atoms. The molecule has 90 valence electrons. The maximum absolute atomic E-state index is 5.83. The van der Waals surface area contributed by atoms with E-state index in [1.54, 1.807) is 14.2 Å². The Bertz CT molecular complexity index is 172. The summed E-state index contributed by atoms with van der Waals surface area (Å²) in [6.45, 7) is 4.42. The van der Waals surface area contributed by atoms with Crippen LogP contribution < -0.4 is 5.73 Å². The normalized spacial score (nSPS) is 18.4. The lowest BCUT2D eigenvalue weighted by molar-refractivity contribution is 0.0992. The molecule has 0 spiro atoms. The predicted molar refractivity (Wildman–Crippen MR) is 61.0 cm³/mol. The highest BCUT2D eigenvalue weighted by molar-refractivity contribution is 5.04. The van der Waals surface area contributed by atoms with Crippen LogP contribution in [0.25, 0.3) is 0 Å². The lowest BCUT2D eigenvalue weighted by atomic mass is 10.2. The van der Waals surface area contributed by atoms with Gasteiger partial charge in [-0.15, -0.1) is 0 Å². The van der Waals surface area contributed by atoms with Crippen LogP contribution in [0.15, 0.2) is 0 Å². The summed E-state index contributed by atoms with van der Waals surface area (Å²) in [6, 6.07) is 0. The van der Waals surface area contributed by atoms with Crippen molar-refractivity contribution in [1.82, 2.24) is 4.90 Å². The fourth-order valence-corrected chi connectivity index (χ4v) is 1.98. The number of methoxy groups -OCH3 is 2. The van der Waals surface area contributed by atoms with Crippen molar-refractivity contribution in [1.29, 1.82) is 0 Å². The van der Waals surface area contributed by atoms with E-state index in [2.05, 4.69) is 4.90 Å².